The van der Waals surface area contributed by atoms with Crippen LogP contribution in [0.15, 0.2) is 46.9 Å². The van der Waals surface area contributed by atoms with E-state index in [0.29, 0.717) is 11.6 Å². The number of nitrogens with one attached hydrogen (secondary N) is 1. The summed E-state index contributed by atoms with van der Waals surface area (Å²) in [6.45, 7) is 6.46. The van der Waals surface area contributed by atoms with Gasteiger partial charge in [0.2, 0.25) is 21.8 Å². The van der Waals surface area contributed by atoms with Crippen molar-refractivity contribution < 1.29 is 18.0 Å². The van der Waals surface area contributed by atoms with E-state index < -0.39 is 16.1 Å². The first kappa shape index (κ1) is 30.4. The van der Waals surface area contributed by atoms with Crippen LogP contribution in [0, 0.1) is 5.92 Å². The van der Waals surface area contributed by atoms with Gasteiger partial charge in [-0.3, -0.25) is 13.9 Å². The average Bonchev–Trinajstić information content (AvgIpc) is 2.79. The molecule has 1 N–H and O–H groups in total. The molecule has 0 aliphatic rings. The second-order valence-electron chi connectivity index (χ2n) is 9.00. The molecule has 36 heavy (non-hydrogen) atoms. The van der Waals surface area contributed by atoms with E-state index in [4.69, 9.17) is 23.2 Å². The van der Waals surface area contributed by atoms with E-state index >= 15 is 0 Å². The van der Waals surface area contributed by atoms with Crippen molar-refractivity contribution in [3.63, 3.8) is 0 Å². The van der Waals surface area contributed by atoms with Gasteiger partial charge in [-0.2, -0.15) is 0 Å². The van der Waals surface area contributed by atoms with Crippen LogP contribution in [-0.4, -0.2) is 50.5 Å². The molecule has 198 valence electrons. The van der Waals surface area contributed by atoms with Crippen LogP contribution in [0.5, 0.6) is 0 Å². The lowest BCUT2D eigenvalue weighted by atomic mass is 10.1. The molecular weight excluding hydrogens is 589 g/mol. The monoisotopic (exact) mass is 619 g/mol. The quantitative estimate of drug-likeness (QED) is 0.340. The Bertz CT molecular complexity index is 1180. The van der Waals surface area contributed by atoms with Crippen LogP contribution in [-0.2, 0) is 26.2 Å². The molecule has 0 unspecified atom stereocenters. The van der Waals surface area contributed by atoms with Gasteiger partial charge in [0.25, 0.3) is 0 Å². The molecule has 0 fully saturated rings. The van der Waals surface area contributed by atoms with Gasteiger partial charge in [0.1, 0.15) is 6.04 Å². The Morgan fingerprint density at radius 1 is 1.08 bits per heavy atom. The lowest BCUT2D eigenvalue weighted by Gasteiger charge is -2.30. The topological polar surface area (TPSA) is 86.8 Å². The van der Waals surface area contributed by atoms with Gasteiger partial charge >= 0.3 is 0 Å². The molecule has 2 aromatic rings. The fraction of sp³-hybridized carbons (Fsp3) is 0.440. The van der Waals surface area contributed by atoms with Gasteiger partial charge in [-0.05, 0) is 55.2 Å². The van der Waals surface area contributed by atoms with Crippen molar-refractivity contribution in [2.45, 2.75) is 46.2 Å². The molecule has 0 bridgehead atoms. The van der Waals surface area contributed by atoms with Crippen LogP contribution < -0.4 is 9.62 Å². The molecule has 0 aromatic heterocycles. The largest absolute Gasteiger partial charge is 0.354 e. The zero-order chi connectivity index (χ0) is 27.0. The Morgan fingerprint density at radius 2 is 1.78 bits per heavy atom. The number of carbonyl (C=O) groups is 2. The first-order valence-electron chi connectivity index (χ1n) is 11.5. The summed E-state index contributed by atoms with van der Waals surface area (Å²) >= 11 is 15.7. The summed E-state index contributed by atoms with van der Waals surface area (Å²) in [4.78, 5) is 27.6. The molecule has 2 aromatic carbocycles. The van der Waals surface area contributed by atoms with E-state index in [-0.39, 0.29) is 54.4 Å². The summed E-state index contributed by atoms with van der Waals surface area (Å²) in [5, 5.41) is 3.47. The van der Waals surface area contributed by atoms with Gasteiger partial charge in [-0.15, -0.1) is 0 Å². The molecular formula is C25H32BrCl2N3O4S. The highest BCUT2D eigenvalue weighted by Gasteiger charge is 2.27. The number of hydrogen-bond donors (Lipinski definition) is 1. The van der Waals surface area contributed by atoms with E-state index in [9.17, 15) is 18.0 Å². The smallest absolute Gasteiger partial charge is 0.242 e. The van der Waals surface area contributed by atoms with Crippen molar-refractivity contribution in [1.82, 2.24) is 10.2 Å². The van der Waals surface area contributed by atoms with Gasteiger partial charge in [0.15, 0.2) is 0 Å². The molecule has 0 saturated heterocycles. The van der Waals surface area contributed by atoms with Crippen LogP contribution in [0.2, 0.25) is 10.0 Å². The molecule has 0 radical (unpaired) electrons. The molecule has 2 rings (SSSR count). The maximum Gasteiger partial charge on any atom is 0.242 e. The van der Waals surface area contributed by atoms with Crippen molar-refractivity contribution in [3.8, 4) is 0 Å². The SMILES string of the molecule is CC(C)CNC(=O)[C@@H](C)N(Cc1cccc(Br)c1)C(=O)CCCN(c1cc(Cl)ccc1Cl)S(C)(=O)=O. The first-order valence-corrected chi connectivity index (χ1v) is 14.9. The lowest BCUT2D eigenvalue weighted by Crippen LogP contribution is -2.48. The van der Waals surface area contributed by atoms with Crippen molar-refractivity contribution in [2.24, 2.45) is 5.92 Å². The molecule has 0 spiro atoms. The highest BCUT2D eigenvalue weighted by molar-refractivity contribution is 9.10. The molecule has 1 atom stereocenters. The number of anilines is 1. The fourth-order valence-electron chi connectivity index (χ4n) is 3.53. The Hall–Kier alpha value is -1.81. The zero-order valence-electron chi connectivity index (χ0n) is 20.8. The van der Waals surface area contributed by atoms with Crippen LogP contribution in [0.25, 0.3) is 0 Å². The van der Waals surface area contributed by atoms with Gasteiger partial charge in [-0.1, -0.05) is 65.1 Å². The minimum Gasteiger partial charge on any atom is -0.354 e. The summed E-state index contributed by atoms with van der Waals surface area (Å²) in [6, 6.07) is 11.4. The predicted octanol–water partition coefficient (Wildman–Crippen LogP) is 5.49. The van der Waals surface area contributed by atoms with E-state index in [0.717, 1.165) is 20.6 Å². The zero-order valence-corrected chi connectivity index (χ0v) is 24.7. The Morgan fingerprint density at radius 3 is 2.39 bits per heavy atom. The molecule has 0 aliphatic heterocycles. The third kappa shape index (κ3) is 9.25. The van der Waals surface area contributed by atoms with Gasteiger partial charge in [0.05, 0.1) is 17.0 Å². The third-order valence-corrected chi connectivity index (χ3v) is 7.65. The summed E-state index contributed by atoms with van der Waals surface area (Å²) in [6.07, 6.45) is 1.34. The maximum absolute atomic E-state index is 13.3. The van der Waals surface area contributed by atoms with Crippen molar-refractivity contribution in [1.29, 1.82) is 0 Å². The molecule has 7 nitrogen and oxygen atoms in total. The third-order valence-electron chi connectivity index (χ3n) is 5.42. The highest BCUT2D eigenvalue weighted by Crippen LogP contribution is 2.31. The Kier molecular flexibility index (Phi) is 11.5. The number of halogens is 3. The lowest BCUT2D eigenvalue weighted by molar-refractivity contribution is -0.140. The minimum atomic E-state index is -3.68. The number of carbonyl (C=O) groups excluding carboxylic acids is 2. The molecule has 0 saturated carbocycles. The van der Waals surface area contributed by atoms with Crippen molar-refractivity contribution in [2.75, 3.05) is 23.7 Å². The van der Waals surface area contributed by atoms with Crippen LogP contribution in [0.1, 0.15) is 39.2 Å². The number of sulfonamides is 1. The number of amides is 2. The minimum absolute atomic E-state index is 0.0310. The summed E-state index contributed by atoms with van der Waals surface area (Å²) in [7, 11) is -3.68. The normalized spacial score (nSPS) is 12.3. The maximum atomic E-state index is 13.3. The van der Waals surface area contributed by atoms with E-state index in [2.05, 4.69) is 21.2 Å². The van der Waals surface area contributed by atoms with E-state index in [1.807, 2.05) is 38.1 Å². The average molecular weight is 621 g/mol. The number of rotatable bonds is 12. The van der Waals surface area contributed by atoms with Gasteiger partial charge < -0.3 is 10.2 Å². The summed E-state index contributed by atoms with van der Waals surface area (Å²) in [5.74, 6) is -0.223. The molecule has 0 heterocycles. The first-order chi connectivity index (χ1) is 16.8. The second kappa shape index (κ2) is 13.7. The number of nitrogens with zero attached hydrogens (tertiary/aromatic N) is 2. The molecule has 11 heteroatoms. The Labute approximate surface area is 232 Å². The van der Waals surface area contributed by atoms with Crippen LogP contribution in [0.4, 0.5) is 5.69 Å². The van der Waals surface area contributed by atoms with Crippen LogP contribution in [0.3, 0.4) is 0 Å². The molecule has 2 amide bonds. The van der Waals surface area contributed by atoms with Gasteiger partial charge in [-0.25, -0.2) is 8.42 Å². The standard InChI is InChI=1S/C25H32BrCl2N3O4S/c1-17(2)15-29-25(33)18(3)30(16-19-7-5-8-20(26)13-19)24(32)9-6-12-31(36(4,34)35)23-14-21(27)10-11-22(23)28/h5,7-8,10-11,13-14,17-18H,6,9,12,15-16H2,1-4H3,(H,29,33)/t18-/m1/s1. The Balaban J connectivity index is 2.19. The van der Waals surface area contributed by atoms with Crippen molar-refractivity contribution in [3.05, 3.63) is 62.5 Å². The molecule has 0 aliphatic carbocycles. The summed E-state index contributed by atoms with van der Waals surface area (Å²) < 4.78 is 27.0. The predicted molar refractivity (Wildman–Crippen MR) is 150 cm³/mol. The van der Waals surface area contributed by atoms with Crippen LogP contribution >= 0.6 is 39.1 Å². The number of benzene rings is 2. The fourth-order valence-corrected chi connectivity index (χ4v) is 5.38. The highest BCUT2D eigenvalue weighted by atomic mass is 79.9. The second-order valence-corrected chi connectivity index (χ2v) is 12.7. The summed E-state index contributed by atoms with van der Waals surface area (Å²) in [5.41, 5.74) is 1.12. The van der Waals surface area contributed by atoms with Crippen molar-refractivity contribution >= 4 is 66.7 Å². The van der Waals surface area contributed by atoms with E-state index in [1.165, 1.54) is 17.0 Å². The van der Waals surface area contributed by atoms with Gasteiger partial charge in [0, 0.05) is 35.6 Å². The number of hydrogen-bond acceptors (Lipinski definition) is 4. The van der Waals surface area contributed by atoms with E-state index in [1.54, 1.807) is 13.0 Å².